The molecule has 2 atom stereocenters. The van der Waals surface area contributed by atoms with Gasteiger partial charge in [-0.1, -0.05) is 19.8 Å². The smallest absolute Gasteiger partial charge is 0.317 e. The molecule has 0 aromatic carbocycles. The number of hydrogen-bond acceptors (Lipinski definition) is 2. The third-order valence-corrected chi connectivity index (χ3v) is 4.97. The van der Waals surface area contributed by atoms with Crippen molar-refractivity contribution >= 4 is 12.0 Å². The van der Waals surface area contributed by atoms with Gasteiger partial charge in [0.2, 0.25) is 0 Å². The van der Waals surface area contributed by atoms with Gasteiger partial charge >= 0.3 is 12.0 Å². The maximum atomic E-state index is 12.3. The number of hydrogen-bond donors (Lipinski definition) is 2. The van der Waals surface area contributed by atoms with Crippen molar-refractivity contribution in [3.63, 3.8) is 0 Å². The standard InChI is InChI=1S/C15H26N2O3/c1-11-5-6-12(2)17(9-11)14(20)16-10-15(13(18)19)7-3-4-8-15/h11-12H,3-10H2,1-2H3,(H,16,20)(H,18,19). The van der Waals surface area contributed by atoms with E-state index in [1.54, 1.807) is 0 Å². The van der Waals surface area contributed by atoms with Crippen LogP contribution in [0.4, 0.5) is 4.79 Å². The van der Waals surface area contributed by atoms with Crippen LogP contribution in [0.2, 0.25) is 0 Å². The third-order valence-electron chi connectivity index (χ3n) is 4.97. The van der Waals surface area contributed by atoms with Crippen LogP contribution in [0.5, 0.6) is 0 Å². The van der Waals surface area contributed by atoms with E-state index in [1.807, 2.05) is 4.90 Å². The lowest BCUT2D eigenvalue weighted by atomic mass is 9.86. The van der Waals surface area contributed by atoms with E-state index in [0.717, 1.165) is 32.2 Å². The third kappa shape index (κ3) is 3.07. The lowest BCUT2D eigenvalue weighted by Crippen LogP contribution is -2.52. The van der Waals surface area contributed by atoms with E-state index in [9.17, 15) is 14.7 Å². The fourth-order valence-electron chi connectivity index (χ4n) is 3.44. The van der Waals surface area contributed by atoms with Gasteiger partial charge in [-0.25, -0.2) is 4.79 Å². The van der Waals surface area contributed by atoms with Crippen molar-refractivity contribution in [3.05, 3.63) is 0 Å². The van der Waals surface area contributed by atoms with Crippen LogP contribution in [0.1, 0.15) is 52.4 Å². The first-order chi connectivity index (χ1) is 9.44. The number of nitrogens with zero attached hydrogens (tertiary/aromatic N) is 1. The SMILES string of the molecule is CC1CCC(C)N(C(=O)NCC2(C(=O)O)CCCC2)C1. The van der Waals surface area contributed by atoms with E-state index in [4.69, 9.17) is 0 Å². The van der Waals surface area contributed by atoms with Gasteiger partial charge in [-0.15, -0.1) is 0 Å². The van der Waals surface area contributed by atoms with Gasteiger partial charge in [0.1, 0.15) is 0 Å². The van der Waals surface area contributed by atoms with Crippen molar-refractivity contribution in [2.45, 2.75) is 58.4 Å². The minimum Gasteiger partial charge on any atom is -0.481 e. The van der Waals surface area contributed by atoms with Crippen LogP contribution < -0.4 is 5.32 Å². The summed E-state index contributed by atoms with van der Waals surface area (Å²) in [4.78, 5) is 25.6. The zero-order valence-electron chi connectivity index (χ0n) is 12.5. The Hall–Kier alpha value is -1.26. The summed E-state index contributed by atoms with van der Waals surface area (Å²) in [5, 5.41) is 12.3. The van der Waals surface area contributed by atoms with Gasteiger partial charge in [-0.3, -0.25) is 4.79 Å². The largest absolute Gasteiger partial charge is 0.481 e. The molecule has 1 aliphatic carbocycles. The predicted molar refractivity (Wildman–Crippen MR) is 76.5 cm³/mol. The zero-order valence-corrected chi connectivity index (χ0v) is 12.5. The van der Waals surface area contributed by atoms with Gasteiger partial charge in [0.05, 0.1) is 5.41 Å². The normalized spacial score (nSPS) is 29.2. The molecule has 0 bridgehead atoms. The second-order valence-corrected chi connectivity index (χ2v) is 6.64. The van der Waals surface area contributed by atoms with E-state index in [2.05, 4.69) is 19.2 Å². The molecule has 1 saturated carbocycles. The van der Waals surface area contributed by atoms with E-state index in [0.29, 0.717) is 18.8 Å². The fourth-order valence-corrected chi connectivity index (χ4v) is 3.44. The predicted octanol–water partition coefficient (Wildman–Crippen LogP) is 2.46. The van der Waals surface area contributed by atoms with E-state index in [-0.39, 0.29) is 18.6 Å². The first kappa shape index (κ1) is 15.1. The number of carbonyl (C=O) groups excluding carboxylic acids is 1. The lowest BCUT2D eigenvalue weighted by molar-refractivity contribution is -0.148. The molecule has 1 aliphatic heterocycles. The summed E-state index contributed by atoms with van der Waals surface area (Å²) in [7, 11) is 0. The van der Waals surface area contributed by atoms with Crippen LogP contribution in [-0.4, -0.2) is 41.1 Å². The molecule has 1 heterocycles. The minimum absolute atomic E-state index is 0.100. The number of carboxylic acid groups (broad SMARTS) is 1. The number of aliphatic carboxylic acids is 1. The number of rotatable bonds is 3. The summed E-state index contributed by atoms with van der Waals surface area (Å²) in [5.41, 5.74) is -0.736. The Morgan fingerprint density at radius 3 is 2.50 bits per heavy atom. The molecule has 2 unspecified atom stereocenters. The molecule has 2 rings (SSSR count). The molecule has 0 aromatic rings. The van der Waals surface area contributed by atoms with Gasteiger partial charge in [-0.2, -0.15) is 0 Å². The van der Waals surface area contributed by atoms with Crippen LogP contribution in [-0.2, 0) is 4.79 Å². The second-order valence-electron chi connectivity index (χ2n) is 6.64. The molecule has 0 spiro atoms. The molecule has 2 aliphatic rings. The summed E-state index contributed by atoms with van der Waals surface area (Å²) < 4.78 is 0. The van der Waals surface area contributed by atoms with Crippen molar-refractivity contribution in [1.82, 2.24) is 10.2 Å². The molecule has 5 nitrogen and oxygen atoms in total. The Labute approximate surface area is 120 Å². The van der Waals surface area contributed by atoms with Crippen molar-refractivity contribution in [2.24, 2.45) is 11.3 Å². The maximum absolute atomic E-state index is 12.3. The van der Waals surface area contributed by atoms with Gasteiger partial charge in [0, 0.05) is 19.1 Å². The summed E-state index contributed by atoms with van der Waals surface area (Å²) in [6.45, 7) is 5.25. The average molecular weight is 282 g/mol. The molecule has 2 amide bonds. The molecule has 2 N–H and O–H groups in total. The summed E-state index contributed by atoms with van der Waals surface area (Å²) >= 11 is 0. The van der Waals surface area contributed by atoms with Crippen LogP contribution in [0, 0.1) is 11.3 Å². The Bertz CT molecular complexity index is 377. The number of carbonyl (C=O) groups is 2. The Kier molecular flexibility index (Phi) is 4.55. The van der Waals surface area contributed by atoms with Crippen molar-refractivity contribution in [1.29, 1.82) is 0 Å². The highest BCUT2D eigenvalue weighted by molar-refractivity contribution is 5.78. The zero-order chi connectivity index (χ0) is 14.8. The Morgan fingerprint density at radius 1 is 1.25 bits per heavy atom. The minimum atomic E-state index is -0.768. The molecule has 1 saturated heterocycles. The fraction of sp³-hybridized carbons (Fsp3) is 0.867. The summed E-state index contributed by atoms with van der Waals surface area (Å²) in [6.07, 6.45) is 5.42. The van der Waals surface area contributed by atoms with Crippen LogP contribution in [0.25, 0.3) is 0 Å². The second kappa shape index (κ2) is 6.02. The highest BCUT2D eigenvalue weighted by Gasteiger charge is 2.42. The number of nitrogens with one attached hydrogen (secondary N) is 1. The summed E-state index contributed by atoms with van der Waals surface area (Å²) in [5.74, 6) is -0.243. The number of piperidine rings is 1. The van der Waals surface area contributed by atoms with Gasteiger partial charge in [0.25, 0.3) is 0 Å². The first-order valence-corrected chi connectivity index (χ1v) is 7.72. The van der Waals surface area contributed by atoms with Gasteiger partial charge < -0.3 is 15.3 Å². The molecule has 20 heavy (non-hydrogen) atoms. The highest BCUT2D eigenvalue weighted by Crippen LogP contribution is 2.37. The van der Waals surface area contributed by atoms with Crippen molar-refractivity contribution in [3.8, 4) is 0 Å². The van der Waals surface area contributed by atoms with Gasteiger partial charge in [0.15, 0.2) is 0 Å². The Morgan fingerprint density at radius 2 is 1.90 bits per heavy atom. The number of likely N-dealkylation sites (tertiary alicyclic amines) is 1. The van der Waals surface area contributed by atoms with E-state index < -0.39 is 11.4 Å². The molecule has 0 radical (unpaired) electrons. The highest BCUT2D eigenvalue weighted by atomic mass is 16.4. The summed E-state index contributed by atoms with van der Waals surface area (Å²) in [6, 6.07) is 0.145. The van der Waals surface area contributed by atoms with E-state index in [1.165, 1.54) is 0 Å². The van der Waals surface area contributed by atoms with E-state index >= 15 is 0 Å². The van der Waals surface area contributed by atoms with Crippen LogP contribution >= 0.6 is 0 Å². The molecule has 2 fully saturated rings. The number of urea groups is 1. The van der Waals surface area contributed by atoms with Crippen LogP contribution in [0.15, 0.2) is 0 Å². The lowest BCUT2D eigenvalue weighted by Gasteiger charge is -2.37. The Balaban J connectivity index is 1.92. The van der Waals surface area contributed by atoms with Crippen molar-refractivity contribution in [2.75, 3.05) is 13.1 Å². The number of carboxylic acids is 1. The molecule has 0 aromatic heterocycles. The van der Waals surface area contributed by atoms with Crippen molar-refractivity contribution < 1.29 is 14.7 Å². The molecule has 5 heteroatoms. The topological polar surface area (TPSA) is 69.6 Å². The average Bonchev–Trinajstić information content (AvgIpc) is 2.89. The molecular weight excluding hydrogens is 256 g/mol. The monoisotopic (exact) mass is 282 g/mol. The van der Waals surface area contributed by atoms with Crippen LogP contribution in [0.3, 0.4) is 0 Å². The number of amides is 2. The molecule has 114 valence electrons. The first-order valence-electron chi connectivity index (χ1n) is 7.72. The maximum Gasteiger partial charge on any atom is 0.317 e. The quantitative estimate of drug-likeness (QED) is 0.835. The van der Waals surface area contributed by atoms with Gasteiger partial charge in [-0.05, 0) is 38.5 Å². The molecular formula is C15H26N2O3.